The van der Waals surface area contributed by atoms with E-state index >= 15 is 0 Å². The van der Waals surface area contributed by atoms with E-state index in [-0.39, 0.29) is 30.1 Å². The maximum atomic E-state index is 13.0. The zero-order valence-electron chi connectivity index (χ0n) is 17.3. The molecule has 3 aromatic rings. The van der Waals surface area contributed by atoms with Gasteiger partial charge in [-0.1, -0.05) is 6.07 Å². The molecule has 0 aliphatic carbocycles. The molecule has 3 rings (SSSR count). The van der Waals surface area contributed by atoms with Crippen molar-refractivity contribution in [2.45, 2.75) is 13.0 Å². The molecule has 1 unspecified atom stereocenters. The molecule has 2 aromatic carbocycles. The van der Waals surface area contributed by atoms with E-state index in [0.29, 0.717) is 28.4 Å². The van der Waals surface area contributed by atoms with Crippen molar-refractivity contribution in [3.8, 4) is 5.75 Å². The summed E-state index contributed by atoms with van der Waals surface area (Å²) in [5.41, 5.74) is 0.924. The third-order valence-corrected chi connectivity index (χ3v) is 5.22. The summed E-state index contributed by atoms with van der Waals surface area (Å²) in [6, 6.07) is 15.3. The summed E-state index contributed by atoms with van der Waals surface area (Å²) in [6.07, 6.45) is -0.798. The van der Waals surface area contributed by atoms with Crippen LogP contribution in [-0.4, -0.2) is 36.9 Å². The van der Waals surface area contributed by atoms with Crippen molar-refractivity contribution >= 4 is 34.7 Å². The van der Waals surface area contributed by atoms with Gasteiger partial charge in [-0.3, -0.25) is 14.4 Å². The van der Waals surface area contributed by atoms with Crippen LogP contribution >= 0.6 is 11.3 Å². The predicted octanol–water partition coefficient (Wildman–Crippen LogP) is 3.45. The van der Waals surface area contributed by atoms with Gasteiger partial charge in [0.05, 0.1) is 4.88 Å². The molecule has 0 aliphatic heterocycles. The van der Waals surface area contributed by atoms with Crippen LogP contribution in [0, 0.1) is 5.82 Å². The van der Waals surface area contributed by atoms with Crippen LogP contribution < -0.4 is 20.7 Å². The SMILES string of the molecule is CC(Oc1ccc(F)cc1)C(=O)Nc1ccc(C(=O)NCCNC(=O)c2cccs2)cc1. The van der Waals surface area contributed by atoms with Gasteiger partial charge >= 0.3 is 0 Å². The number of rotatable bonds is 9. The summed E-state index contributed by atoms with van der Waals surface area (Å²) < 4.78 is 18.4. The molecule has 0 fully saturated rings. The average molecular weight is 456 g/mol. The molecule has 1 heterocycles. The topological polar surface area (TPSA) is 96.5 Å². The van der Waals surface area contributed by atoms with Crippen LogP contribution in [0.25, 0.3) is 0 Å². The Kier molecular flexibility index (Phi) is 7.93. The summed E-state index contributed by atoms with van der Waals surface area (Å²) in [4.78, 5) is 37.0. The maximum Gasteiger partial charge on any atom is 0.265 e. The van der Waals surface area contributed by atoms with Crippen molar-refractivity contribution in [2.75, 3.05) is 18.4 Å². The minimum absolute atomic E-state index is 0.174. The van der Waals surface area contributed by atoms with Crippen molar-refractivity contribution in [3.05, 3.63) is 82.3 Å². The van der Waals surface area contributed by atoms with Crippen LogP contribution in [0.5, 0.6) is 5.75 Å². The van der Waals surface area contributed by atoms with Crippen LogP contribution in [0.4, 0.5) is 10.1 Å². The van der Waals surface area contributed by atoms with Gasteiger partial charge in [-0.25, -0.2) is 4.39 Å². The first kappa shape index (κ1) is 23.0. The second-order valence-corrected chi connectivity index (χ2v) is 7.72. The smallest absolute Gasteiger partial charge is 0.265 e. The third kappa shape index (κ3) is 6.64. The minimum atomic E-state index is -0.798. The number of hydrogen-bond acceptors (Lipinski definition) is 5. The first-order chi connectivity index (χ1) is 15.4. The molecule has 0 radical (unpaired) electrons. The Bertz CT molecular complexity index is 1050. The Hall–Kier alpha value is -3.72. The molecular weight excluding hydrogens is 433 g/mol. The number of carbonyl (C=O) groups is 3. The van der Waals surface area contributed by atoms with Crippen molar-refractivity contribution < 1.29 is 23.5 Å². The van der Waals surface area contributed by atoms with E-state index in [2.05, 4.69) is 16.0 Å². The zero-order chi connectivity index (χ0) is 22.9. The molecule has 32 heavy (non-hydrogen) atoms. The number of benzene rings is 2. The molecule has 1 atom stereocenters. The Balaban J connectivity index is 1.42. The number of thiophene rings is 1. The van der Waals surface area contributed by atoms with Gasteiger partial charge in [-0.2, -0.15) is 0 Å². The number of anilines is 1. The maximum absolute atomic E-state index is 13.0. The molecule has 3 N–H and O–H groups in total. The van der Waals surface area contributed by atoms with E-state index in [9.17, 15) is 18.8 Å². The summed E-state index contributed by atoms with van der Waals surface area (Å²) in [5.74, 6) is -0.851. The fraction of sp³-hybridized carbons (Fsp3) is 0.174. The van der Waals surface area contributed by atoms with E-state index in [1.165, 1.54) is 35.6 Å². The zero-order valence-corrected chi connectivity index (χ0v) is 18.1. The van der Waals surface area contributed by atoms with Gasteiger partial charge in [0, 0.05) is 24.3 Å². The van der Waals surface area contributed by atoms with Crippen molar-refractivity contribution in [2.24, 2.45) is 0 Å². The molecule has 7 nitrogen and oxygen atoms in total. The van der Waals surface area contributed by atoms with Crippen LogP contribution in [0.15, 0.2) is 66.0 Å². The van der Waals surface area contributed by atoms with Crippen LogP contribution in [0.3, 0.4) is 0 Å². The van der Waals surface area contributed by atoms with Gasteiger partial charge in [0.15, 0.2) is 6.10 Å². The van der Waals surface area contributed by atoms with Crippen molar-refractivity contribution in [1.82, 2.24) is 10.6 Å². The Morgan fingerprint density at radius 1 is 0.938 bits per heavy atom. The highest BCUT2D eigenvalue weighted by Gasteiger charge is 2.15. The molecule has 1 aromatic heterocycles. The lowest BCUT2D eigenvalue weighted by atomic mass is 10.2. The van der Waals surface area contributed by atoms with E-state index in [1.807, 2.05) is 5.38 Å². The fourth-order valence-corrected chi connectivity index (χ4v) is 3.31. The van der Waals surface area contributed by atoms with Gasteiger partial charge in [0.25, 0.3) is 17.7 Å². The Morgan fingerprint density at radius 3 is 2.22 bits per heavy atom. The van der Waals surface area contributed by atoms with E-state index in [1.54, 1.807) is 43.3 Å². The van der Waals surface area contributed by atoms with Gasteiger partial charge in [0.1, 0.15) is 11.6 Å². The average Bonchev–Trinajstić information content (AvgIpc) is 3.33. The Labute approximate surface area is 188 Å². The van der Waals surface area contributed by atoms with E-state index < -0.39 is 6.10 Å². The monoisotopic (exact) mass is 455 g/mol. The summed E-state index contributed by atoms with van der Waals surface area (Å²) in [7, 11) is 0. The first-order valence-corrected chi connectivity index (χ1v) is 10.7. The molecule has 0 saturated heterocycles. The lowest BCUT2D eigenvalue weighted by molar-refractivity contribution is -0.122. The molecule has 0 bridgehead atoms. The summed E-state index contributed by atoms with van der Waals surface area (Å²) in [5, 5.41) is 9.98. The summed E-state index contributed by atoms with van der Waals surface area (Å²) >= 11 is 1.35. The highest BCUT2D eigenvalue weighted by atomic mass is 32.1. The second kappa shape index (κ2) is 11.1. The second-order valence-electron chi connectivity index (χ2n) is 6.77. The molecule has 0 spiro atoms. The van der Waals surface area contributed by atoms with Gasteiger partial charge in [0.2, 0.25) is 0 Å². The number of amides is 3. The minimum Gasteiger partial charge on any atom is -0.481 e. The van der Waals surface area contributed by atoms with Crippen LogP contribution in [0.2, 0.25) is 0 Å². The standard InChI is InChI=1S/C23H22FN3O4S/c1-15(31-19-10-6-17(24)7-11-19)21(28)27-18-8-4-16(5-9-18)22(29)25-12-13-26-23(30)20-3-2-14-32-20/h2-11,14-15H,12-13H2,1H3,(H,25,29)(H,26,30)(H,27,28). The van der Waals surface area contributed by atoms with Gasteiger partial charge in [-0.05, 0) is 66.9 Å². The molecule has 0 saturated carbocycles. The molecule has 9 heteroatoms. The molecule has 166 valence electrons. The summed E-state index contributed by atoms with van der Waals surface area (Å²) in [6.45, 7) is 2.17. The lowest BCUT2D eigenvalue weighted by Gasteiger charge is -2.15. The van der Waals surface area contributed by atoms with Crippen LogP contribution in [0.1, 0.15) is 27.0 Å². The number of carbonyl (C=O) groups excluding carboxylic acids is 3. The number of hydrogen-bond donors (Lipinski definition) is 3. The quantitative estimate of drug-likeness (QED) is 0.431. The molecule has 3 amide bonds. The predicted molar refractivity (Wildman–Crippen MR) is 121 cm³/mol. The largest absolute Gasteiger partial charge is 0.481 e. The highest BCUT2D eigenvalue weighted by molar-refractivity contribution is 7.12. The third-order valence-electron chi connectivity index (χ3n) is 4.35. The molecular formula is C23H22FN3O4S. The Morgan fingerprint density at radius 2 is 1.59 bits per heavy atom. The first-order valence-electron chi connectivity index (χ1n) is 9.85. The van der Waals surface area contributed by atoms with E-state index in [4.69, 9.17) is 4.74 Å². The van der Waals surface area contributed by atoms with E-state index in [0.717, 1.165) is 0 Å². The van der Waals surface area contributed by atoms with Crippen molar-refractivity contribution in [3.63, 3.8) is 0 Å². The van der Waals surface area contributed by atoms with Gasteiger partial charge in [-0.15, -0.1) is 11.3 Å². The van der Waals surface area contributed by atoms with Gasteiger partial charge < -0.3 is 20.7 Å². The fourth-order valence-electron chi connectivity index (χ4n) is 2.67. The highest BCUT2D eigenvalue weighted by Crippen LogP contribution is 2.15. The van der Waals surface area contributed by atoms with Crippen molar-refractivity contribution in [1.29, 1.82) is 0 Å². The van der Waals surface area contributed by atoms with Crippen LogP contribution in [-0.2, 0) is 4.79 Å². The molecule has 0 aliphatic rings. The number of halogens is 1. The normalized spacial score (nSPS) is 11.3. The number of ether oxygens (including phenoxy) is 1. The number of nitrogens with one attached hydrogen (secondary N) is 3. The lowest BCUT2D eigenvalue weighted by Crippen LogP contribution is -2.34.